The van der Waals surface area contributed by atoms with Crippen LogP contribution in [0.1, 0.15) is 45.2 Å². The largest absolute Gasteiger partial charge is 0.398 e. The van der Waals surface area contributed by atoms with Crippen molar-refractivity contribution in [1.29, 1.82) is 0 Å². The molecule has 21 heavy (non-hydrogen) atoms. The lowest BCUT2D eigenvalue weighted by Crippen LogP contribution is -2.12. The third-order valence-electron chi connectivity index (χ3n) is 3.99. The predicted octanol–water partition coefficient (Wildman–Crippen LogP) is 3.37. The molecule has 2 unspecified atom stereocenters. The molecule has 1 aromatic carbocycles. The topological polar surface area (TPSA) is 69.6 Å². The minimum absolute atomic E-state index is 0.149. The summed E-state index contributed by atoms with van der Waals surface area (Å²) in [6, 6.07) is 3.30. The maximum Gasteiger partial charge on any atom is 0.182 e. The Balaban J connectivity index is 2.36. The van der Waals surface area contributed by atoms with Gasteiger partial charge in [0.15, 0.2) is 5.82 Å². The standard InChI is InChI=1S/C15H22FN5/c1-5-9(2)6-10(3)21-15(18-19-20-21)12-7-13(16)11(4)14(17)8-12/h7-10H,5-6,17H2,1-4H3. The van der Waals surface area contributed by atoms with E-state index in [4.69, 9.17) is 5.73 Å². The summed E-state index contributed by atoms with van der Waals surface area (Å²) in [5.74, 6) is 0.794. The van der Waals surface area contributed by atoms with E-state index < -0.39 is 0 Å². The molecular weight excluding hydrogens is 269 g/mol. The zero-order valence-electron chi connectivity index (χ0n) is 13.0. The second-order valence-corrected chi connectivity index (χ2v) is 5.72. The van der Waals surface area contributed by atoms with E-state index in [0.29, 0.717) is 28.6 Å². The lowest BCUT2D eigenvalue weighted by Gasteiger charge is -2.17. The minimum atomic E-state index is -0.339. The Kier molecular flexibility index (Phi) is 4.55. The Labute approximate surface area is 124 Å². The average Bonchev–Trinajstić information content (AvgIpc) is 2.93. The number of halogens is 1. The summed E-state index contributed by atoms with van der Waals surface area (Å²) in [6.45, 7) is 8.08. The van der Waals surface area contributed by atoms with Crippen LogP contribution in [0.4, 0.5) is 10.1 Å². The van der Waals surface area contributed by atoms with Crippen LogP contribution in [-0.4, -0.2) is 20.2 Å². The van der Waals surface area contributed by atoms with E-state index >= 15 is 0 Å². The number of nitrogens with zero attached hydrogens (tertiary/aromatic N) is 4. The van der Waals surface area contributed by atoms with Crippen LogP contribution in [0.5, 0.6) is 0 Å². The van der Waals surface area contributed by atoms with Crippen molar-refractivity contribution in [2.75, 3.05) is 5.73 Å². The molecule has 114 valence electrons. The second kappa shape index (κ2) is 6.20. The number of aromatic nitrogens is 4. The van der Waals surface area contributed by atoms with Gasteiger partial charge in [0.1, 0.15) is 5.82 Å². The first kappa shape index (κ1) is 15.4. The van der Waals surface area contributed by atoms with Crippen molar-refractivity contribution >= 4 is 5.69 Å². The van der Waals surface area contributed by atoms with Gasteiger partial charge in [0.25, 0.3) is 0 Å². The Morgan fingerprint density at radius 2 is 2.05 bits per heavy atom. The first-order valence-electron chi connectivity index (χ1n) is 7.27. The molecular formula is C15H22FN5. The highest BCUT2D eigenvalue weighted by Crippen LogP contribution is 2.27. The quantitative estimate of drug-likeness (QED) is 0.857. The molecule has 0 fully saturated rings. The normalized spacial score (nSPS) is 14.1. The van der Waals surface area contributed by atoms with Gasteiger partial charge in [-0.2, -0.15) is 0 Å². The highest BCUT2D eigenvalue weighted by atomic mass is 19.1. The van der Waals surface area contributed by atoms with Gasteiger partial charge in [-0.15, -0.1) is 5.10 Å². The third-order valence-corrected chi connectivity index (χ3v) is 3.99. The molecule has 1 aromatic heterocycles. The van der Waals surface area contributed by atoms with Crippen molar-refractivity contribution in [2.24, 2.45) is 5.92 Å². The summed E-state index contributed by atoms with van der Waals surface area (Å²) in [4.78, 5) is 0. The number of hydrogen-bond acceptors (Lipinski definition) is 4. The first-order valence-corrected chi connectivity index (χ1v) is 7.27. The second-order valence-electron chi connectivity index (χ2n) is 5.72. The lowest BCUT2D eigenvalue weighted by molar-refractivity contribution is 0.371. The van der Waals surface area contributed by atoms with Gasteiger partial charge in [0, 0.05) is 16.8 Å². The number of nitrogens with two attached hydrogens (primary N) is 1. The highest BCUT2D eigenvalue weighted by molar-refractivity contribution is 5.64. The zero-order chi connectivity index (χ0) is 15.6. The van der Waals surface area contributed by atoms with Gasteiger partial charge in [-0.1, -0.05) is 20.3 Å². The van der Waals surface area contributed by atoms with E-state index in [1.54, 1.807) is 17.7 Å². The maximum atomic E-state index is 13.9. The van der Waals surface area contributed by atoms with Crippen molar-refractivity contribution in [3.63, 3.8) is 0 Å². The van der Waals surface area contributed by atoms with Gasteiger partial charge in [-0.3, -0.25) is 0 Å². The molecule has 2 atom stereocenters. The fourth-order valence-electron chi connectivity index (χ4n) is 2.36. The van der Waals surface area contributed by atoms with Crippen molar-refractivity contribution in [3.05, 3.63) is 23.5 Å². The Hall–Kier alpha value is -1.98. The van der Waals surface area contributed by atoms with Crippen LogP contribution >= 0.6 is 0 Å². The van der Waals surface area contributed by atoms with Crippen LogP contribution in [0.25, 0.3) is 11.4 Å². The predicted molar refractivity (Wildman–Crippen MR) is 81.1 cm³/mol. The average molecular weight is 291 g/mol. The zero-order valence-corrected chi connectivity index (χ0v) is 13.0. The molecule has 0 saturated carbocycles. The molecule has 1 heterocycles. The summed E-state index contributed by atoms with van der Waals surface area (Å²) < 4.78 is 15.6. The molecule has 2 aromatic rings. The SMILES string of the molecule is CCC(C)CC(C)n1nnnc1-c1cc(N)c(C)c(F)c1. The molecule has 2 N–H and O–H groups in total. The van der Waals surface area contributed by atoms with E-state index in [1.165, 1.54) is 6.07 Å². The van der Waals surface area contributed by atoms with Crippen molar-refractivity contribution in [1.82, 2.24) is 20.2 Å². The lowest BCUT2D eigenvalue weighted by atomic mass is 10.0. The molecule has 0 aliphatic rings. The van der Waals surface area contributed by atoms with E-state index in [2.05, 4.69) is 36.3 Å². The van der Waals surface area contributed by atoms with Crippen LogP contribution in [0.2, 0.25) is 0 Å². The smallest absolute Gasteiger partial charge is 0.182 e. The van der Waals surface area contributed by atoms with Crippen LogP contribution in [0.15, 0.2) is 12.1 Å². The fourth-order valence-corrected chi connectivity index (χ4v) is 2.36. The summed E-state index contributed by atoms with van der Waals surface area (Å²) in [6.07, 6.45) is 2.08. The van der Waals surface area contributed by atoms with E-state index in [9.17, 15) is 4.39 Å². The molecule has 0 aliphatic heterocycles. The summed E-state index contributed by atoms with van der Waals surface area (Å²) in [5, 5.41) is 11.8. The Bertz CT molecular complexity index is 599. The molecule has 0 spiro atoms. The Morgan fingerprint density at radius 3 is 2.67 bits per heavy atom. The van der Waals surface area contributed by atoms with Crippen LogP contribution in [0, 0.1) is 18.7 Å². The van der Waals surface area contributed by atoms with Crippen LogP contribution in [-0.2, 0) is 0 Å². The monoisotopic (exact) mass is 291 g/mol. The number of hydrogen-bond donors (Lipinski definition) is 1. The van der Waals surface area contributed by atoms with Gasteiger partial charge >= 0.3 is 0 Å². The summed E-state index contributed by atoms with van der Waals surface area (Å²) >= 11 is 0. The van der Waals surface area contributed by atoms with Gasteiger partial charge in [-0.05, 0) is 48.7 Å². The van der Waals surface area contributed by atoms with Gasteiger partial charge in [-0.25, -0.2) is 9.07 Å². The van der Waals surface area contributed by atoms with Gasteiger partial charge in [0.2, 0.25) is 0 Å². The van der Waals surface area contributed by atoms with E-state index in [0.717, 1.165) is 12.8 Å². The molecule has 0 amide bonds. The number of anilines is 1. The maximum absolute atomic E-state index is 13.9. The highest BCUT2D eigenvalue weighted by Gasteiger charge is 2.18. The molecule has 5 nitrogen and oxygen atoms in total. The van der Waals surface area contributed by atoms with Gasteiger partial charge in [0.05, 0.1) is 6.04 Å². The first-order chi connectivity index (χ1) is 9.93. The molecule has 0 radical (unpaired) electrons. The van der Waals surface area contributed by atoms with Crippen LogP contribution in [0.3, 0.4) is 0 Å². The van der Waals surface area contributed by atoms with Crippen molar-refractivity contribution in [3.8, 4) is 11.4 Å². The van der Waals surface area contributed by atoms with Crippen molar-refractivity contribution in [2.45, 2.75) is 46.6 Å². The third kappa shape index (κ3) is 3.20. The summed E-state index contributed by atoms with van der Waals surface area (Å²) in [7, 11) is 0. The van der Waals surface area contributed by atoms with E-state index in [1.807, 2.05) is 0 Å². The number of nitrogen functional groups attached to an aromatic ring is 1. The molecule has 6 heteroatoms. The molecule has 0 saturated heterocycles. The van der Waals surface area contributed by atoms with E-state index in [-0.39, 0.29) is 11.9 Å². The molecule has 0 bridgehead atoms. The Morgan fingerprint density at radius 1 is 1.33 bits per heavy atom. The van der Waals surface area contributed by atoms with Gasteiger partial charge < -0.3 is 5.73 Å². The minimum Gasteiger partial charge on any atom is -0.398 e. The van der Waals surface area contributed by atoms with Crippen molar-refractivity contribution < 1.29 is 4.39 Å². The summed E-state index contributed by atoms with van der Waals surface area (Å²) in [5.41, 5.74) is 7.31. The number of rotatable bonds is 5. The molecule has 2 rings (SSSR count). The molecule has 0 aliphatic carbocycles. The fraction of sp³-hybridized carbons (Fsp3) is 0.533. The number of tetrazole rings is 1. The number of benzene rings is 1. The van der Waals surface area contributed by atoms with Crippen LogP contribution < -0.4 is 5.73 Å².